The molecule has 0 aliphatic heterocycles. The van der Waals surface area contributed by atoms with Gasteiger partial charge in [-0.2, -0.15) is 18.4 Å². The van der Waals surface area contributed by atoms with Gasteiger partial charge in [0.15, 0.2) is 0 Å². The molecule has 0 amide bonds. The Kier molecular flexibility index (Phi) is 7.70. The molecule has 0 aromatic heterocycles. The van der Waals surface area contributed by atoms with Gasteiger partial charge in [-0.1, -0.05) is 13.8 Å². The summed E-state index contributed by atoms with van der Waals surface area (Å²) < 4.78 is 64.8. The van der Waals surface area contributed by atoms with E-state index in [4.69, 9.17) is 11.0 Å². The summed E-state index contributed by atoms with van der Waals surface area (Å²) in [5.74, 6) is 0. The Balaban J connectivity index is 0.00000529. The summed E-state index contributed by atoms with van der Waals surface area (Å²) >= 11 is 0. The Hall–Kier alpha value is -1.34. The Bertz CT molecular complexity index is 711. The molecule has 0 saturated heterocycles. The first-order valence-electron chi connectivity index (χ1n) is 6.89. The van der Waals surface area contributed by atoms with E-state index in [1.54, 1.807) is 0 Å². The number of nitrogens with two attached hydrogens (primary N) is 1. The largest absolute Gasteiger partial charge is 0.417 e. The number of nitriles is 1. The number of alkyl halides is 3. The van der Waals surface area contributed by atoms with E-state index in [1.165, 1.54) is 6.07 Å². The summed E-state index contributed by atoms with van der Waals surface area (Å²) in [4.78, 5) is -0.406. The summed E-state index contributed by atoms with van der Waals surface area (Å²) in [7, 11) is -4.06. The predicted molar refractivity (Wildman–Crippen MR) is 86.1 cm³/mol. The van der Waals surface area contributed by atoms with Crippen molar-refractivity contribution < 1.29 is 21.6 Å². The molecule has 0 aliphatic rings. The number of hydrogen-bond acceptors (Lipinski definition) is 4. The number of nitrogens with zero attached hydrogens (tertiary/aromatic N) is 1. The smallest absolute Gasteiger partial charge is 0.324 e. The SMILES string of the molecule is CCC(N)(CC)CNS(=O)(=O)c1ccc(C(F)(F)F)c(C#N)c1.Cl. The number of sulfonamides is 1. The minimum absolute atomic E-state index is 0. The van der Waals surface area contributed by atoms with Crippen LogP contribution in [0.25, 0.3) is 0 Å². The second kappa shape index (κ2) is 8.16. The molecular formula is C14H19ClF3N3O2S. The second-order valence-corrected chi connectivity index (χ2v) is 6.98. The lowest BCUT2D eigenvalue weighted by atomic mass is 9.95. The van der Waals surface area contributed by atoms with Crippen LogP contribution < -0.4 is 10.5 Å². The van der Waals surface area contributed by atoms with E-state index in [1.807, 2.05) is 13.8 Å². The minimum Gasteiger partial charge on any atom is -0.324 e. The number of hydrogen-bond donors (Lipinski definition) is 2. The molecule has 1 rings (SSSR count). The Labute approximate surface area is 145 Å². The van der Waals surface area contributed by atoms with Crippen molar-refractivity contribution in [2.45, 2.75) is 43.3 Å². The van der Waals surface area contributed by atoms with E-state index in [0.717, 1.165) is 6.07 Å². The van der Waals surface area contributed by atoms with Gasteiger partial charge < -0.3 is 5.73 Å². The molecule has 1 aromatic carbocycles. The van der Waals surface area contributed by atoms with Crippen molar-refractivity contribution in [3.05, 3.63) is 29.3 Å². The van der Waals surface area contributed by atoms with Crippen LogP contribution in [0.1, 0.15) is 37.8 Å². The van der Waals surface area contributed by atoms with Gasteiger partial charge in [-0.15, -0.1) is 12.4 Å². The maximum absolute atomic E-state index is 12.7. The average Bonchev–Trinajstić information content (AvgIpc) is 2.51. The molecule has 0 saturated carbocycles. The Morgan fingerprint density at radius 1 is 1.25 bits per heavy atom. The average molecular weight is 386 g/mol. The zero-order chi connectivity index (χ0) is 17.9. The van der Waals surface area contributed by atoms with Gasteiger partial charge in [-0.25, -0.2) is 13.1 Å². The standard InChI is InChI=1S/C14H18F3N3O2S.ClH/c1-3-13(19,4-2)9-20-23(21,22)11-5-6-12(14(15,16)17)10(7-11)8-18;/h5-7,20H,3-4,9,19H2,1-2H3;1H. The normalized spacial score (nSPS) is 12.4. The van der Waals surface area contributed by atoms with Crippen molar-refractivity contribution in [1.82, 2.24) is 4.72 Å². The number of nitrogens with one attached hydrogen (secondary N) is 1. The van der Waals surface area contributed by atoms with Crippen LogP contribution in [-0.4, -0.2) is 20.5 Å². The molecule has 0 fully saturated rings. The number of halogens is 4. The lowest BCUT2D eigenvalue weighted by molar-refractivity contribution is -0.137. The maximum Gasteiger partial charge on any atom is 0.417 e. The van der Waals surface area contributed by atoms with Gasteiger partial charge in [-0.05, 0) is 31.0 Å². The van der Waals surface area contributed by atoms with Crippen LogP contribution in [0.3, 0.4) is 0 Å². The molecule has 0 unspecified atom stereocenters. The van der Waals surface area contributed by atoms with E-state index < -0.39 is 37.8 Å². The van der Waals surface area contributed by atoms with Crippen molar-refractivity contribution in [3.63, 3.8) is 0 Å². The first-order valence-corrected chi connectivity index (χ1v) is 8.37. The number of rotatable bonds is 6. The van der Waals surface area contributed by atoms with Crippen molar-refractivity contribution in [2.24, 2.45) is 5.73 Å². The van der Waals surface area contributed by atoms with Crippen molar-refractivity contribution in [1.29, 1.82) is 5.26 Å². The van der Waals surface area contributed by atoms with Crippen molar-refractivity contribution in [2.75, 3.05) is 6.54 Å². The fourth-order valence-electron chi connectivity index (χ4n) is 1.85. The summed E-state index contributed by atoms with van der Waals surface area (Å²) in [6.45, 7) is 3.57. The molecule has 0 atom stereocenters. The summed E-state index contributed by atoms with van der Waals surface area (Å²) in [5.41, 5.74) is 3.33. The van der Waals surface area contributed by atoms with E-state index in [0.29, 0.717) is 25.0 Å². The topological polar surface area (TPSA) is 96.0 Å². The molecular weight excluding hydrogens is 367 g/mol. The summed E-state index contributed by atoms with van der Waals surface area (Å²) in [6.07, 6.45) is -3.66. The van der Waals surface area contributed by atoms with E-state index in [-0.39, 0.29) is 19.0 Å². The van der Waals surface area contributed by atoms with Crippen LogP contribution in [-0.2, 0) is 16.2 Å². The lowest BCUT2D eigenvalue weighted by Crippen LogP contribution is -2.49. The van der Waals surface area contributed by atoms with Crippen molar-refractivity contribution in [3.8, 4) is 6.07 Å². The molecule has 0 radical (unpaired) electrons. The van der Waals surface area contributed by atoms with Crippen LogP contribution in [0.5, 0.6) is 0 Å². The fraction of sp³-hybridized carbons (Fsp3) is 0.500. The number of benzene rings is 1. The van der Waals surface area contributed by atoms with Crippen molar-refractivity contribution >= 4 is 22.4 Å². The van der Waals surface area contributed by atoms with E-state index >= 15 is 0 Å². The summed E-state index contributed by atoms with van der Waals surface area (Å²) in [5, 5.41) is 8.82. The Morgan fingerprint density at radius 3 is 2.21 bits per heavy atom. The third kappa shape index (κ3) is 5.34. The van der Waals surface area contributed by atoms with Crippen LogP contribution in [0.4, 0.5) is 13.2 Å². The van der Waals surface area contributed by atoms with Crippen LogP contribution >= 0.6 is 12.4 Å². The van der Waals surface area contributed by atoms with Crippen LogP contribution in [0, 0.1) is 11.3 Å². The highest BCUT2D eigenvalue weighted by Crippen LogP contribution is 2.32. The molecule has 0 heterocycles. The second-order valence-electron chi connectivity index (χ2n) is 5.21. The Morgan fingerprint density at radius 2 is 1.79 bits per heavy atom. The molecule has 0 aliphatic carbocycles. The summed E-state index contributed by atoms with van der Waals surface area (Å²) in [6, 6.07) is 3.49. The maximum atomic E-state index is 12.7. The van der Waals surface area contributed by atoms with Gasteiger partial charge in [0, 0.05) is 12.1 Å². The van der Waals surface area contributed by atoms with E-state index in [2.05, 4.69) is 4.72 Å². The van der Waals surface area contributed by atoms with Gasteiger partial charge in [-0.3, -0.25) is 0 Å². The monoisotopic (exact) mass is 385 g/mol. The van der Waals surface area contributed by atoms with Crippen LogP contribution in [0.15, 0.2) is 23.1 Å². The zero-order valence-corrected chi connectivity index (χ0v) is 14.8. The highest BCUT2D eigenvalue weighted by atomic mass is 35.5. The van der Waals surface area contributed by atoms with Crippen LogP contribution in [0.2, 0.25) is 0 Å². The first kappa shape index (κ1) is 22.7. The highest BCUT2D eigenvalue weighted by molar-refractivity contribution is 7.89. The third-order valence-electron chi connectivity index (χ3n) is 3.75. The molecule has 24 heavy (non-hydrogen) atoms. The molecule has 0 spiro atoms. The van der Waals surface area contributed by atoms with Gasteiger partial charge >= 0.3 is 6.18 Å². The lowest BCUT2D eigenvalue weighted by Gasteiger charge is -2.26. The minimum atomic E-state index is -4.72. The van der Waals surface area contributed by atoms with E-state index in [9.17, 15) is 21.6 Å². The molecule has 10 heteroatoms. The third-order valence-corrected chi connectivity index (χ3v) is 5.15. The van der Waals surface area contributed by atoms with Gasteiger partial charge in [0.1, 0.15) is 0 Å². The molecule has 0 bridgehead atoms. The highest BCUT2D eigenvalue weighted by Gasteiger charge is 2.34. The zero-order valence-electron chi connectivity index (χ0n) is 13.1. The molecule has 136 valence electrons. The molecule has 3 N–H and O–H groups in total. The first-order chi connectivity index (χ1) is 10.5. The van der Waals surface area contributed by atoms with Gasteiger partial charge in [0.25, 0.3) is 0 Å². The quantitative estimate of drug-likeness (QED) is 0.786. The molecule has 1 aromatic rings. The van der Waals surface area contributed by atoms with Gasteiger partial charge in [0.05, 0.1) is 22.1 Å². The fourth-order valence-corrected chi connectivity index (χ4v) is 3.02. The molecule has 5 nitrogen and oxygen atoms in total. The predicted octanol–water partition coefficient (Wildman–Crippen LogP) is 2.79. The van der Waals surface area contributed by atoms with Gasteiger partial charge in [0.2, 0.25) is 10.0 Å².